The molecule has 0 atom stereocenters. The molecule has 0 radical (unpaired) electrons. The first-order valence-corrected chi connectivity index (χ1v) is 7.85. The van der Waals surface area contributed by atoms with Crippen molar-refractivity contribution >= 4 is 23.5 Å². The minimum absolute atomic E-state index is 0.220. The third-order valence-electron chi connectivity index (χ3n) is 3.86. The van der Waals surface area contributed by atoms with Crippen LogP contribution in [0, 0.1) is 5.82 Å². The highest BCUT2D eigenvalue weighted by atomic mass is 35.5. The fourth-order valence-corrected chi connectivity index (χ4v) is 2.77. The summed E-state index contributed by atoms with van der Waals surface area (Å²) in [6, 6.07) is 4.24. The summed E-state index contributed by atoms with van der Waals surface area (Å²) in [5.41, 5.74) is -0.392. The Morgan fingerprint density at radius 2 is 2.04 bits per heavy atom. The Morgan fingerprint density at radius 1 is 1.35 bits per heavy atom. The van der Waals surface area contributed by atoms with Crippen LogP contribution in [-0.2, 0) is 11.3 Å². The number of hydrogen-bond acceptors (Lipinski definition) is 3. The molecule has 7 heteroatoms. The smallest absolute Gasteiger partial charge is 0.324 e. The van der Waals surface area contributed by atoms with Gasteiger partial charge in [-0.2, -0.15) is 0 Å². The summed E-state index contributed by atoms with van der Waals surface area (Å²) in [6.45, 7) is 4.68. The SMILES string of the molecule is CN(CCCN1C(=O)NC(C)(C)C1=O)Cc1c(F)cccc1Cl. The van der Waals surface area contributed by atoms with Crippen molar-refractivity contribution in [2.45, 2.75) is 32.4 Å². The topological polar surface area (TPSA) is 52.6 Å². The van der Waals surface area contributed by atoms with Gasteiger partial charge in [0, 0.05) is 23.7 Å². The highest BCUT2D eigenvalue weighted by molar-refractivity contribution is 6.31. The number of nitrogens with zero attached hydrogens (tertiary/aromatic N) is 2. The monoisotopic (exact) mass is 341 g/mol. The van der Waals surface area contributed by atoms with Gasteiger partial charge in [0.2, 0.25) is 0 Å². The molecule has 0 bridgehead atoms. The number of carbonyl (C=O) groups excluding carboxylic acids is 2. The Morgan fingerprint density at radius 3 is 2.61 bits per heavy atom. The Kier molecular flexibility index (Phi) is 5.26. The molecule has 1 aliphatic rings. The van der Waals surface area contributed by atoms with Crippen LogP contribution in [0.5, 0.6) is 0 Å². The largest absolute Gasteiger partial charge is 0.325 e. The van der Waals surface area contributed by atoms with Crippen molar-refractivity contribution in [1.29, 1.82) is 0 Å². The van der Waals surface area contributed by atoms with Gasteiger partial charge in [-0.1, -0.05) is 17.7 Å². The fourth-order valence-electron chi connectivity index (χ4n) is 2.55. The molecular weight excluding hydrogens is 321 g/mol. The fraction of sp³-hybridized carbons (Fsp3) is 0.500. The average molecular weight is 342 g/mol. The average Bonchev–Trinajstić information content (AvgIpc) is 2.65. The summed E-state index contributed by atoms with van der Waals surface area (Å²) in [4.78, 5) is 27.0. The molecule has 126 valence electrons. The molecule has 0 aliphatic carbocycles. The lowest BCUT2D eigenvalue weighted by atomic mass is 10.1. The number of rotatable bonds is 6. The number of benzene rings is 1. The van der Waals surface area contributed by atoms with Gasteiger partial charge in [0.05, 0.1) is 0 Å². The predicted molar refractivity (Wildman–Crippen MR) is 86.7 cm³/mol. The first kappa shape index (κ1) is 17.7. The van der Waals surface area contributed by atoms with Crippen LogP contribution in [-0.4, -0.2) is 47.4 Å². The summed E-state index contributed by atoms with van der Waals surface area (Å²) in [6.07, 6.45) is 0.609. The van der Waals surface area contributed by atoms with Crippen molar-refractivity contribution in [1.82, 2.24) is 15.1 Å². The van der Waals surface area contributed by atoms with Gasteiger partial charge in [0.15, 0.2) is 0 Å². The second-order valence-corrected chi connectivity index (χ2v) is 6.71. The molecule has 0 aromatic heterocycles. The lowest BCUT2D eigenvalue weighted by molar-refractivity contribution is -0.130. The third-order valence-corrected chi connectivity index (χ3v) is 4.21. The number of halogens is 2. The van der Waals surface area contributed by atoms with Crippen LogP contribution in [0.25, 0.3) is 0 Å². The summed E-state index contributed by atoms with van der Waals surface area (Å²) in [7, 11) is 1.85. The van der Waals surface area contributed by atoms with Crippen LogP contribution in [0.4, 0.5) is 9.18 Å². The molecule has 0 spiro atoms. The van der Waals surface area contributed by atoms with Gasteiger partial charge in [-0.25, -0.2) is 9.18 Å². The predicted octanol–water partition coefficient (Wildman–Crippen LogP) is 2.63. The zero-order chi connectivity index (χ0) is 17.2. The maximum absolute atomic E-state index is 13.7. The number of hydrogen-bond donors (Lipinski definition) is 1. The number of urea groups is 1. The minimum atomic E-state index is -0.844. The summed E-state index contributed by atoms with van der Waals surface area (Å²) < 4.78 is 13.7. The van der Waals surface area contributed by atoms with Crippen molar-refractivity contribution in [2.75, 3.05) is 20.1 Å². The van der Waals surface area contributed by atoms with E-state index in [0.29, 0.717) is 36.6 Å². The third kappa shape index (κ3) is 4.00. The lowest BCUT2D eigenvalue weighted by Gasteiger charge is -2.20. The van der Waals surface area contributed by atoms with E-state index in [-0.39, 0.29) is 17.8 Å². The summed E-state index contributed by atoms with van der Waals surface area (Å²) in [5.74, 6) is -0.553. The summed E-state index contributed by atoms with van der Waals surface area (Å²) >= 11 is 6.01. The molecule has 0 unspecified atom stereocenters. The second-order valence-electron chi connectivity index (χ2n) is 6.30. The van der Waals surface area contributed by atoms with Gasteiger partial charge in [-0.3, -0.25) is 9.69 Å². The standard InChI is InChI=1S/C16H21ClFN3O2/c1-16(2)14(22)21(15(23)19-16)9-5-8-20(3)10-11-12(17)6-4-7-13(11)18/h4,6-7H,5,8-10H2,1-3H3,(H,19,23). The van der Waals surface area contributed by atoms with E-state index in [1.165, 1.54) is 11.0 Å². The first-order chi connectivity index (χ1) is 10.7. The molecule has 5 nitrogen and oxygen atoms in total. The molecule has 2 rings (SSSR count). The maximum Gasteiger partial charge on any atom is 0.325 e. The van der Waals surface area contributed by atoms with Gasteiger partial charge in [-0.15, -0.1) is 0 Å². The molecule has 1 aromatic carbocycles. The van der Waals surface area contributed by atoms with Crippen LogP contribution in [0.2, 0.25) is 5.02 Å². The van der Waals surface area contributed by atoms with Gasteiger partial charge in [0.1, 0.15) is 11.4 Å². The Bertz CT molecular complexity index is 601. The second kappa shape index (κ2) is 6.84. The van der Waals surface area contributed by atoms with Crippen LogP contribution in [0.3, 0.4) is 0 Å². The molecule has 0 saturated carbocycles. The van der Waals surface area contributed by atoms with Crippen LogP contribution < -0.4 is 5.32 Å². The molecule has 3 amide bonds. The van der Waals surface area contributed by atoms with E-state index in [1.54, 1.807) is 26.0 Å². The van der Waals surface area contributed by atoms with Crippen molar-refractivity contribution in [3.05, 3.63) is 34.6 Å². The Balaban J connectivity index is 1.85. The number of amides is 3. The van der Waals surface area contributed by atoms with Crippen LogP contribution in [0.1, 0.15) is 25.8 Å². The molecule has 1 fully saturated rings. The number of carbonyl (C=O) groups is 2. The highest BCUT2D eigenvalue weighted by Crippen LogP contribution is 2.21. The Hall–Kier alpha value is -1.66. The number of imide groups is 1. The quantitative estimate of drug-likeness (QED) is 0.809. The van der Waals surface area contributed by atoms with E-state index < -0.39 is 5.54 Å². The Labute approximate surface area is 140 Å². The summed E-state index contributed by atoms with van der Waals surface area (Å²) in [5, 5.41) is 3.04. The molecule has 1 aliphatic heterocycles. The van der Waals surface area contributed by atoms with E-state index in [0.717, 1.165) is 0 Å². The zero-order valence-electron chi connectivity index (χ0n) is 13.5. The molecule has 1 heterocycles. The van der Waals surface area contributed by atoms with E-state index in [1.807, 2.05) is 11.9 Å². The van der Waals surface area contributed by atoms with Crippen molar-refractivity contribution < 1.29 is 14.0 Å². The van der Waals surface area contributed by atoms with Gasteiger partial charge in [0.25, 0.3) is 5.91 Å². The normalized spacial score (nSPS) is 17.0. The van der Waals surface area contributed by atoms with Gasteiger partial charge < -0.3 is 10.2 Å². The van der Waals surface area contributed by atoms with Gasteiger partial charge in [-0.05, 0) is 46.0 Å². The van der Waals surface area contributed by atoms with Crippen LogP contribution >= 0.6 is 11.6 Å². The van der Waals surface area contributed by atoms with Crippen molar-refractivity contribution in [2.24, 2.45) is 0 Å². The van der Waals surface area contributed by atoms with Crippen molar-refractivity contribution in [3.63, 3.8) is 0 Å². The van der Waals surface area contributed by atoms with Gasteiger partial charge >= 0.3 is 6.03 Å². The van der Waals surface area contributed by atoms with Crippen molar-refractivity contribution in [3.8, 4) is 0 Å². The van der Waals surface area contributed by atoms with E-state index in [4.69, 9.17) is 11.6 Å². The lowest BCUT2D eigenvalue weighted by Crippen LogP contribution is -2.40. The molecule has 1 aromatic rings. The van der Waals surface area contributed by atoms with E-state index in [2.05, 4.69) is 5.32 Å². The minimum Gasteiger partial charge on any atom is -0.324 e. The highest BCUT2D eigenvalue weighted by Gasteiger charge is 2.43. The van der Waals surface area contributed by atoms with E-state index >= 15 is 0 Å². The zero-order valence-corrected chi connectivity index (χ0v) is 14.3. The molecule has 1 N–H and O–H groups in total. The number of nitrogens with one attached hydrogen (secondary N) is 1. The van der Waals surface area contributed by atoms with Crippen LogP contribution in [0.15, 0.2) is 18.2 Å². The maximum atomic E-state index is 13.7. The molecular formula is C16H21ClFN3O2. The first-order valence-electron chi connectivity index (χ1n) is 7.48. The molecule has 23 heavy (non-hydrogen) atoms. The van der Waals surface area contributed by atoms with E-state index in [9.17, 15) is 14.0 Å². The molecule has 1 saturated heterocycles.